The van der Waals surface area contributed by atoms with E-state index in [0.717, 1.165) is 19.3 Å². The molecule has 1 unspecified atom stereocenters. The molecule has 286 valence electrons. The number of carbonyl (C=O) groups is 1. The van der Waals surface area contributed by atoms with Crippen molar-refractivity contribution in [2.75, 3.05) is 19.8 Å². The van der Waals surface area contributed by atoms with Crippen molar-refractivity contribution in [3.05, 3.63) is 12.2 Å². The Morgan fingerprint density at radius 1 is 0.479 bits per heavy atom. The SMILES string of the molecule is CCCCCCCCC/C=C\CCCCCCCC(=O)OC(CO)COCCCCCCCCCCCCCCCCCCCCCC. The van der Waals surface area contributed by atoms with Gasteiger partial charge in [0.25, 0.3) is 0 Å². The number of aliphatic hydroxyl groups excluding tert-OH is 1. The molecule has 48 heavy (non-hydrogen) atoms. The molecule has 4 heteroatoms. The predicted octanol–water partition coefficient (Wildman–Crippen LogP) is 14.2. The molecule has 0 saturated carbocycles. The van der Waals surface area contributed by atoms with Crippen molar-refractivity contribution in [3.8, 4) is 0 Å². The Bertz CT molecular complexity index is 633. The zero-order valence-electron chi connectivity index (χ0n) is 32.8. The summed E-state index contributed by atoms with van der Waals surface area (Å²) < 4.78 is 11.2. The fourth-order valence-electron chi connectivity index (χ4n) is 6.56. The first-order chi connectivity index (χ1) is 23.7. The van der Waals surface area contributed by atoms with Crippen LogP contribution in [-0.4, -0.2) is 37.0 Å². The van der Waals surface area contributed by atoms with E-state index >= 15 is 0 Å². The lowest BCUT2D eigenvalue weighted by atomic mass is 10.0. The molecule has 0 spiro atoms. The number of hydrogen-bond acceptors (Lipinski definition) is 4. The second-order valence-electron chi connectivity index (χ2n) is 14.8. The molecule has 1 atom stereocenters. The second-order valence-corrected chi connectivity index (χ2v) is 14.8. The van der Waals surface area contributed by atoms with E-state index in [2.05, 4.69) is 26.0 Å². The Morgan fingerprint density at radius 3 is 1.19 bits per heavy atom. The first kappa shape index (κ1) is 47.1. The van der Waals surface area contributed by atoms with Gasteiger partial charge in [0.05, 0.1) is 13.2 Å². The van der Waals surface area contributed by atoms with Crippen LogP contribution in [0.4, 0.5) is 0 Å². The molecule has 0 aromatic carbocycles. The molecule has 0 aromatic rings. The minimum Gasteiger partial charge on any atom is -0.457 e. The summed E-state index contributed by atoms with van der Waals surface area (Å²) >= 11 is 0. The summed E-state index contributed by atoms with van der Waals surface area (Å²) in [6.07, 6.45) is 49.9. The normalized spacial score (nSPS) is 12.3. The van der Waals surface area contributed by atoms with Gasteiger partial charge in [0.15, 0.2) is 0 Å². The summed E-state index contributed by atoms with van der Waals surface area (Å²) in [7, 11) is 0. The highest BCUT2D eigenvalue weighted by molar-refractivity contribution is 5.69. The predicted molar refractivity (Wildman–Crippen MR) is 210 cm³/mol. The molecular weight excluding hydrogens is 592 g/mol. The van der Waals surface area contributed by atoms with Gasteiger partial charge >= 0.3 is 5.97 Å². The van der Waals surface area contributed by atoms with E-state index in [1.165, 1.54) is 199 Å². The van der Waals surface area contributed by atoms with Gasteiger partial charge < -0.3 is 14.6 Å². The van der Waals surface area contributed by atoms with Gasteiger partial charge in [0, 0.05) is 13.0 Å². The smallest absolute Gasteiger partial charge is 0.306 e. The highest BCUT2D eigenvalue weighted by Crippen LogP contribution is 2.15. The van der Waals surface area contributed by atoms with E-state index in [4.69, 9.17) is 9.47 Å². The number of carbonyl (C=O) groups excluding carboxylic acids is 1. The van der Waals surface area contributed by atoms with Gasteiger partial charge in [-0.15, -0.1) is 0 Å². The highest BCUT2D eigenvalue weighted by atomic mass is 16.6. The van der Waals surface area contributed by atoms with Gasteiger partial charge in [-0.3, -0.25) is 4.79 Å². The van der Waals surface area contributed by atoms with Crippen LogP contribution in [0.25, 0.3) is 0 Å². The number of ether oxygens (including phenoxy) is 2. The van der Waals surface area contributed by atoms with Crippen LogP contribution in [0.15, 0.2) is 12.2 Å². The molecule has 0 aliphatic carbocycles. The summed E-state index contributed by atoms with van der Waals surface area (Å²) in [5.74, 6) is -0.204. The molecule has 0 bridgehead atoms. The molecule has 0 heterocycles. The Balaban J connectivity index is 3.38. The standard InChI is InChI=1S/C44H86O4/c1-3-5-7-9-11-13-15-17-19-21-22-23-24-26-28-30-32-34-36-38-40-47-42-43(41-45)48-44(46)39-37-35-33-31-29-27-25-20-18-16-14-12-10-8-6-4-2/h20,25,43,45H,3-19,21-24,26-42H2,1-2H3/b25-20-. The lowest BCUT2D eigenvalue weighted by Gasteiger charge is -2.15. The Kier molecular flexibility index (Phi) is 41.5. The maximum atomic E-state index is 12.2. The van der Waals surface area contributed by atoms with E-state index in [-0.39, 0.29) is 12.6 Å². The lowest BCUT2D eigenvalue weighted by molar-refractivity contribution is -0.154. The zero-order chi connectivity index (χ0) is 34.9. The molecule has 0 amide bonds. The third-order valence-corrected chi connectivity index (χ3v) is 9.84. The summed E-state index contributed by atoms with van der Waals surface area (Å²) in [5.41, 5.74) is 0. The monoisotopic (exact) mass is 679 g/mol. The van der Waals surface area contributed by atoms with Crippen LogP contribution in [0.1, 0.15) is 239 Å². The van der Waals surface area contributed by atoms with Gasteiger partial charge in [0.2, 0.25) is 0 Å². The van der Waals surface area contributed by atoms with Gasteiger partial charge in [-0.25, -0.2) is 0 Å². The summed E-state index contributed by atoms with van der Waals surface area (Å²) in [6, 6.07) is 0. The van der Waals surface area contributed by atoms with Crippen molar-refractivity contribution in [2.45, 2.75) is 245 Å². The van der Waals surface area contributed by atoms with Crippen molar-refractivity contribution in [2.24, 2.45) is 0 Å². The maximum Gasteiger partial charge on any atom is 0.306 e. The quantitative estimate of drug-likeness (QED) is 0.0397. The average molecular weight is 679 g/mol. The molecule has 0 radical (unpaired) electrons. The number of aliphatic hydroxyl groups is 1. The minimum atomic E-state index is -0.532. The number of rotatable bonds is 41. The third-order valence-electron chi connectivity index (χ3n) is 9.84. The average Bonchev–Trinajstić information content (AvgIpc) is 3.09. The molecule has 4 nitrogen and oxygen atoms in total. The first-order valence-electron chi connectivity index (χ1n) is 21.8. The summed E-state index contributed by atoms with van der Waals surface area (Å²) in [5, 5.41) is 9.60. The van der Waals surface area contributed by atoms with Crippen LogP contribution in [0.3, 0.4) is 0 Å². The molecule has 0 saturated heterocycles. The van der Waals surface area contributed by atoms with Crippen LogP contribution in [-0.2, 0) is 14.3 Å². The third kappa shape index (κ3) is 39.6. The molecule has 0 aliphatic heterocycles. The molecule has 0 rings (SSSR count). The zero-order valence-corrected chi connectivity index (χ0v) is 32.8. The van der Waals surface area contributed by atoms with E-state index in [9.17, 15) is 9.90 Å². The maximum absolute atomic E-state index is 12.2. The van der Waals surface area contributed by atoms with Crippen molar-refractivity contribution >= 4 is 5.97 Å². The Labute approximate surface area is 301 Å². The summed E-state index contributed by atoms with van der Waals surface area (Å²) in [6.45, 7) is 5.38. The van der Waals surface area contributed by atoms with Crippen molar-refractivity contribution in [3.63, 3.8) is 0 Å². The highest BCUT2D eigenvalue weighted by Gasteiger charge is 2.13. The van der Waals surface area contributed by atoms with Crippen LogP contribution in [0.5, 0.6) is 0 Å². The van der Waals surface area contributed by atoms with Crippen LogP contribution in [0, 0.1) is 0 Å². The van der Waals surface area contributed by atoms with Gasteiger partial charge in [-0.1, -0.05) is 206 Å². The second kappa shape index (κ2) is 42.3. The van der Waals surface area contributed by atoms with Crippen LogP contribution >= 0.6 is 0 Å². The largest absolute Gasteiger partial charge is 0.457 e. The molecule has 0 fully saturated rings. The van der Waals surface area contributed by atoms with E-state index in [1.54, 1.807) is 0 Å². The number of unbranched alkanes of at least 4 members (excludes halogenated alkanes) is 31. The fraction of sp³-hybridized carbons (Fsp3) is 0.932. The van der Waals surface area contributed by atoms with Crippen molar-refractivity contribution in [1.82, 2.24) is 0 Å². The molecule has 0 aromatic heterocycles. The first-order valence-corrected chi connectivity index (χ1v) is 21.8. The van der Waals surface area contributed by atoms with E-state index in [1.807, 2.05) is 0 Å². The molecule has 1 N–H and O–H groups in total. The Hall–Kier alpha value is -0.870. The fourth-order valence-corrected chi connectivity index (χ4v) is 6.56. The number of hydrogen-bond donors (Lipinski definition) is 1. The number of esters is 1. The van der Waals surface area contributed by atoms with Crippen molar-refractivity contribution in [1.29, 1.82) is 0 Å². The van der Waals surface area contributed by atoms with Crippen LogP contribution < -0.4 is 0 Å². The van der Waals surface area contributed by atoms with E-state index in [0.29, 0.717) is 19.6 Å². The summed E-state index contributed by atoms with van der Waals surface area (Å²) in [4.78, 5) is 12.2. The molecule has 0 aliphatic rings. The van der Waals surface area contributed by atoms with Gasteiger partial charge in [0.1, 0.15) is 6.10 Å². The topological polar surface area (TPSA) is 55.8 Å². The van der Waals surface area contributed by atoms with Gasteiger partial charge in [-0.2, -0.15) is 0 Å². The number of allylic oxidation sites excluding steroid dienone is 2. The van der Waals surface area contributed by atoms with Gasteiger partial charge in [-0.05, 0) is 38.5 Å². The minimum absolute atomic E-state index is 0.169. The van der Waals surface area contributed by atoms with Crippen LogP contribution in [0.2, 0.25) is 0 Å². The lowest BCUT2D eigenvalue weighted by Crippen LogP contribution is -2.27. The molecular formula is C44H86O4. The van der Waals surface area contributed by atoms with E-state index < -0.39 is 6.10 Å². The van der Waals surface area contributed by atoms with Crippen molar-refractivity contribution < 1.29 is 19.4 Å². The Morgan fingerprint density at radius 2 is 0.812 bits per heavy atom.